The number of anilines is 2. The number of aryl methyl sites for hydroxylation is 1. The van der Waals surface area contributed by atoms with Gasteiger partial charge in [-0.3, -0.25) is 19.6 Å². The molecule has 2 amide bonds. The second-order valence-electron chi connectivity index (χ2n) is 6.72. The Morgan fingerprint density at radius 3 is 2.26 bits per heavy atom. The third-order valence-corrected chi connectivity index (χ3v) is 4.81. The highest BCUT2D eigenvalue weighted by atomic mass is 16.2. The highest BCUT2D eigenvalue weighted by molar-refractivity contribution is 6.43. The van der Waals surface area contributed by atoms with E-state index in [4.69, 9.17) is 0 Å². The summed E-state index contributed by atoms with van der Waals surface area (Å²) < 4.78 is 0. The van der Waals surface area contributed by atoms with Gasteiger partial charge in [0.15, 0.2) is 0 Å². The normalized spacial score (nSPS) is 15.5. The number of amides is 2. The molecule has 0 aliphatic carbocycles. The van der Waals surface area contributed by atoms with Gasteiger partial charge in [-0.25, -0.2) is 0 Å². The minimum absolute atomic E-state index is 0.494. The van der Waals surface area contributed by atoms with E-state index in [2.05, 4.69) is 37.6 Å². The topological polar surface area (TPSA) is 93.4 Å². The predicted octanol–water partition coefficient (Wildman–Crippen LogP) is 1.43. The third kappa shape index (κ3) is 5.15. The van der Waals surface area contributed by atoms with E-state index in [-0.39, 0.29) is 0 Å². The van der Waals surface area contributed by atoms with Crippen molar-refractivity contribution in [3.05, 3.63) is 41.7 Å². The molecule has 3 N–H and O–H groups in total. The van der Waals surface area contributed by atoms with Gasteiger partial charge in [0.25, 0.3) is 0 Å². The summed E-state index contributed by atoms with van der Waals surface area (Å²) in [6.45, 7) is 10.3. The molecule has 2 heterocycles. The first kappa shape index (κ1) is 19.1. The Morgan fingerprint density at radius 1 is 1.04 bits per heavy atom. The van der Waals surface area contributed by atoms with Crippen LogP contribution in [-0.4, -0.2) is 64.5 Å². The fourth-order valence-electron chi connectivity index (χ4n) is 3.06. The van der Waals surface area contributed by atoms with E-state index in [0.717, 1.165) is 39.3 Å². The van der Waals surface area contributed by atoms with Crippen molar-refractivity contribution < 1.29 is 9.59 Å². The molecule has 0 bridgehead atoms. The average molecular weight is 370 g/mol. The molecule has 0 atom stereocenters. The van der Waals surface area contributed by atoms with Crippen molar-refractivity contribution in [3.63, 3.8) is 0 Å². The number of aromatic amines is 1. The Morgan fingerprint density at radius 2 is 1.67 bits per heavy atom. The van der Waals surface area contributed by atoms with Crippen LogP contribution in [0.1, 0.15) is 18.2 Å². The number of H-pyrrole nitrogens is 1. The Kier molecular flexibility index (Phi) is 6.20. The van der Waals surface area contributed by atoms with Gasteiger partial charge >= 0.3 is 11.8 Å². The zero-order valence-corrected chi connectivity index (χ0v) is 15.8. The first-order chi connectivity index (χ1) is 13.0. The van der Waals surface area contributed by atoms with Crippen molar-refractivity contribution in [2.45, 2.75) is 20.4 Å². The van der Waals surface area contributed by atoms with Gasteiger partial charge in [0.1, 0.15) is 0 Å². The molecule has 0 unspecified atom stereocenters. The van der Waals surface area contributed by atoms with Crippen LogP contribution in [0.4, 0.5) is 11.4 Å². The van der Waals surface area contributed by atoms with Gasteiger partial charge in [-0.15, -0.1) is 0 Å². The molecule has 1 saturated heterocycles. The lowest BCUT2D eigenvalue weighted by molar-refractivity contribution is -0.133. The number of likely N-dealkylation sites (N-methyl/N-ethyl adjacent to an activating group) is 1. The number of benzene rings is 1. The molecule has 1 aromatic carbocycles. The van der Waals surface area contributed by atoms with Gasteiger partial charge in [-0.1, -0.05) is 19.1 Å². The van der Waals surface area contributed by atoms with Crippen LogP contribution in [0.25, 0.3) is 0 Å². The maximum Gasteiger partial charge on any atom is 0.314 e. The average Bonchev–Trinajstić information content (AvgIpc) is 3.08. The number of carbonyl (C=O) groups excluding carboxylic acids is 2. The SMILES string of the molecule is CCN1CCN(Cc2ccc(NC(=O)C(=O)Nc3cn[nH]c3C)cc2)CC1. The summed E-state index contributed by atoms with van der Waals surface area (Å²) in [7, 11) is 0. The second-order valence-corrected chi connectivity index (χ2v) is 6.72. The molecule has 8 heteroatoms. The van der Waals surface area contributed by atoms with Crippen molar-refractivity contribution in [1.82, 2.24) is 20.0 Å². The number of hydrogen-bond acceptors (Lipinski definition) is 5. The zero-order chi connectivity index (χ0) is 19.2. The van der Waals surface area contributed by atoms with Crippen molar-refractivity contribution in [1.29, 1.82) is 0 Å². The Labute approximate surface area is 158 Å². The Balaban J connectivity index is 1.49. The van der Waals surface area contributed by atoms with Gasteiger partial charge in [0.2, 0.25) is 0 Å². The summed E-state index contributed by atoms with van der Waals surface area (Å²) in [4.78, 5) is 28.9. The molecular formula is C19H26N6O2. The van der Waals surface area contributed by atoms with Gasteiger partial charge in [-0.05, 0) is 31.2 Å². The Hall–Kier alpha value is -2.71. The summed E-state index contributed by atoms with van der Waals surface area (Å²) in [6.07, 6.45) is 1.47. The summed E-state index contributed by atoms with van der Waals surface area (Å²) in [5, 5.41) is 11.7. The second kappa shape index (κ2) is 8.79. The maximum atomic E-state index is 12.0. The zero-order valence-electron chi connectivity index (χ0n) is 15.8. The molecule has 8 nitrogen and oxygen atoms in total. The summed E-state index contributed by atoms with van der Waals surface area (Å²) in [5.74, 6) is -1.43. The molecule has 1 fully saturated rings. The Bertz CT molecular complexity index is 778. The summed E-state index contributed by atoms with van der Waals surface area (Å²) >= 11 is 0. The number of carbonyl (C=O) groups is 2. The van der Waals surface area contributed by atoms with Crippen molar-refractivity contribution in [3.8, 4) is 0 Å². The molecule has 1 aromatic heterocycles. The van der Waals surface area contributed by atoms with Gasteiger partial charge in [0, 0.05) is 38.4 Å². The summed E-state index contributed by atoms with van der Waals surface area (Å²) in [6, 6.07) is 7.62. The smallest absolute Gasteiger partial charge is 0.314 e. The number of aromatic nitrogens is 2. The van der Waals surface area contributed by atoms with Crippen LogP contribution in [0, 0.1) is 6.92 Å². The minimum atomic E-state index is -0.725. The van der Waals surface area contributed by atoms with Crippen LogP contribution >= 0.6 is 0 Å². The largest absolute Gasteiger partial charge is 0.318 e. The van der Waals surface area contributed by atoms with Gasteiger partial charge in [0.05, 0.1) is 17.6 Å². The fraction of sp³-hybridized carbons (Fsp3) is 0.421. The minimum Gasteiger partial charge on any atom is -0.318 e. The number of piperazine rings is 1. The van der Waals surface area contributed by atoms with E-state index in [0.29, 0.717) is 17.1 Å². The number of hydrogen-bond donors (Lipinski definition) is 3. The maximum absolute atomic E-state index is 12.0. The molecule has 2 aromatic rings. The summed E-state index contributed by atoms with van der Waals surface area (Å²) in [5.41, 5.74) is 2.98. The molecule has 27 heavy (non-hydrogen) atoms. The van der Waals surface area contributed by atoms with E-state index in [1.165, 1.54) is 11.8 Å². The van der Waals surface area contributed by atoms with Crippen LogP contribution in [0.2, 0.25) is 0 Å². The van der Waals surface area contributed by atoms with E-state index in [1.54, 1.807) is 6.92 Å². The molecule has 0 saturated carbocycles. The predicted molar refractivity (Wildman–Crippen MR) is 104 cm³/mol. The highest BCUT2D eigenvalue weighted by Crippen LogP contribution is 2.14. The fourth-order valence-corrected chi connectivity index (χ4v) is 3.06. The van der Waals surface area contributed by atoms with Crippen LogP contribution in [0.3, 0.4) is 0 Å². The van der Waals surface area contributed by atoms with Crippen LogP contribution in [0.15, 0.2) is 30.5 Å². The van der Waals surface area contributed by atoms with Crippen molar-refractivity contribution >= 4 is 23.2 Å². The lowest BCUT2D eigenvalue weighted by atomic mass is 10.1. The molecule has 3 rings (SSSR count). The molecule has 144 valence electrons. The van der Waals surface area contributed by atoms with E-state index < -0.39 is 11.8 Å². The highest BCUT2D eigenvalue weighted by Gasteiger charge is 2.17. The lowest BCUT2D eigenvalue weighted by Gasteiger charge is -2.34. The van der Waals surface area contributed by atoms with Crippen LogP contribution in [0.5, 0.6) is 0 Å². The third-order valence-electron chi connectivity index (χ3n) is 4.81. The van der Waals surface area contributed by atoms with Crippen LogP contribution < -0.4 is 10.6 Å². The molecule has 0 spiro atoms. The van der Waals surface area contributed by atoms with Crippen molar-refractivity contribution in [2.24, 2.45) is 0 Å². The lowest BCUT2D eigenvalue weighted by Crippen LogP contribution is -2.45. The van der Waals surface area contributed by atoms with Gasteiger partial charge < -0.3 is 15.5 Å². The van der Waals surface area contributed by atoms with Crippen LogP contribution in [-0.2, 0) is 16.1 Å². The standard InChI is InChI=1S/C19H26N6O2/c1-3-24-8-10-25(11-9-24)13-15-4-6-16(7-5-15)21-18(26)19(27)22-17-12-20-23-14(17)2/h4-7,12H,3,8-11,13H2,1-2H3,(H,20,23)(H,21,26)(H,22,27). The monoisotopic (exact) mass is 370 g/mol. The van der Waals surface area contributed by atoms with Crippen molar-refractivity contribution in [2.75, 3.05) is 43.4 Å². The molecule has 1 aliphatic heterocycles. The molecule has 1 aliphatic rings. The molecule has 0 radical (unpaired) electrons. The molecular weight excluding hydrogens is 344 g/mol. The number of nitrogens with one attached hydrogen (secondary N) is 3. The van der Waals surface area contributed by atoms with E-state index in [9.17, 15) is 9.59 Å². The van der Waals surface area contributed by atoms with E-state index in [1.807, 2.05) is 24.3 Å². The number of rotatable bonds is 5. The van der Waals surface area contributed by atoms with Gasteiger partial charge in [-0.2, -0.15) is 5.10 Å². The first-order valence-electron chi connectivity index (χ1n) is 9.21. The quantitative estimate of drug-likeness (QED) is 0.693. The number of nitrogens with zero attached hydrogens (tertiary/aromatic N) is 3. The first-order valence-corrected chi connectivity index (χ1v) is 9.21. The van der Waals surface area contributed by atoms with E-state index >= 15 is 0 Å².